The number of likely N-dealkylation sites (N-methyl/N-ethyl adjacent to an activating group) is 1. The number of benzene rings is 1. The van der Waals surface area contributed by atoms with Gasteiger partial charge in [-0.2, -0.15) is 0 Å². The van der Waals surface area contributed by atoms with Crippen LogP contribution in [0.15, 0.2) is 18.2 Å². The van der Waals surface area contributed by atoms with Crippen molar-refractivity contribution in [3.8, 4) is 0 Å². The number of carbonyl (C=O) groups is 2. The molecule has 7 nitrogen and oxygen atoms in total. The van der Waals surface area contributed by atoms with Gasteiger partial charge < -0.3 is 24.8 Å². The number of halogens is 1. The molecule has 1 aromatic carbocycles. The molecule has 2 heterocycles. The van der Waals surface area contributed by atoms with Crippen LogP contribution in [-0.2, 0) is 9.53 Å². The second-order valence-corrected chi connectivity index (χ2v) is 6.92. The maximum Gasteiger partial charge on any atom is 0.409 e. The van der Waals surface area contributed by atoms with Crippen LogP contribution in [0.4, 0.5) is 16.2 Å². The van der Waals surface area contributed by atoms with Crippen molar-refractivity contribution in [2.75, 3.05) is 62.6 Å². The molecule has 0 atom stereocenters. The highest BCUT2D eigenvalue weighted by molar-refractivity contribution is 6.31. The largest absolute Gasteiger partial charge is 0.448 e. The van der Waals surface area contributed by atoms with Crippen molar-refractivity contribution in [1.29, 1.82) is 0 Å². The molecule has 0 saturated carbocycles. The van der Waals surface area contributed by atoms with E-state index in [0.29, 0.717) is 24.7 Å². The lowest BCUT2D eigenvalue weighted by Gasteiger charge is -2.36. The second kappa shape index (κ2) is 8.60. The lowest BCUT2D eigenvalue weighted by Crippen LogP contribution is -2.46. The molecule has 2 amide bonds. The lowest BCUT2D eigenvalue weighted by molar-refractivity contribution is -0.116. The lowest BCUT2D eigenvalue weighted by atomic mass is 10.2. The minimum Gasteiger partial charge on any atom is -0.448 e. The molecule has 1 aromatic rings. The van der Waals surface area contributed by atoms with Gasteiger partial charge in [0.1, 0.15) is 6.61 Å². The van der Waals surface area contributed by atoms with E-state index in [1.54, 1.807) is 11.0 Å². The monoisotopic (exact) mass is 380 g/mol. The summed E-state index contributed by atoms with van der Waals surface area (Å²) in [5.41, 5.74) is 1.70. The average Bonchev–Trinajstić information content (AvgIpc) is 3.05. The predicted octanol–water partition coefficient (Wildman–Crippen LogP) is 2.26. The van der Waals surface area contributed by atoms with E-state index in [0.717, 1.165) is 44.1 Å². The molecule has 3 rings (SSSR count). The van der Waals surface area contributed by atoms with Crippen LogP contribution < -0.4 is 10.2 Å². The minimum atomic E-state index is -0.352. The molecule has 0 unspecified atom stereocenters. The summed E-state index contributed by atoms with van der Waals surface area (Å²) in [4.78, 5) is 30.0. The predicted molar refractivity (Wildman–Crippen MR) is 102 cm³/mol. The molecule has 2 saturated heterocycles. The van der Waals surface area contributed by atoms with E-state index in [-0.39, 0.29) is 18.4 Å². The minimum absolute atomic E-state index is 0.139. The molecule has 0 aromatic heterocycles. The molecule has 142 valence electrons. The van der Waals surface area contributed by atoms with Crippen molar-refractivity contribution in [2.45, 2.75) is 13.3 Å². The van der Waals surface area contributed by atoms with Gasteiger partial charge in [0.15, 0.2) is 0 Å². The fraction of sp³-hybridized carbons (Fsp3) is 0.556. The number of nitrogens with one attached hydrogen (secondary N) is 1. The molecule has 0 spiro atoms. The van der Waals surface area contributed by atoms with Gasteiger partial charge in [-0.15, -0.1) is 0 Å². The van der Waals surface area contributed by atoms with Crippen LogP contribution in [0.1, 0.15) is 13.3 Å². The summed E-state index contributed by atoms with van der Waals surface area (Å²) in [7, 11) is 0. The highest BCUT2D eigenvalue weighted by atomic mass is 35.5. The number of piperazine rings is 1. The summed E-state index contributed by atoms with van der Waals surface area (Å²) in [6.45, 7) is 8.34. The number of cyclic esters (lactones) is 1. The van der Waals surface area contributed by atoms with Gasteiger partial charge in [-0.1, -0.05) is 18.5 Å². The van der Waals surface area contributed by atoms with Gasteiger partial charge in [0.2, 0.25) is 5.91 Å². The van der Waals surface area contributed by atoms with Crippen LogP contribution >= 0.6 is 11.6 Å². The fourth-order valence-electron chi connectivity index (χ4n) is 3.27. The zero-order valence-corrected chi connectivity index (χ0v) is 15.8. The van der Waals surface area contributed by atoms with E-state index in [9.17, 15) is 9.59 Å². The van der Waals surface area contributed by atoms with Crippen LogP contribution in [0.5, 0.6) is 0 Å². The van der Waals surface area contributed by atoms with Crippen LogP contribution in [-0.4, -0.2) is 74.2 Å². The number of anilines is 2. The van der Waals surface area contributed by atoms with E-state index in [4.69, 9.17) is 16.3 Å². The summed E-state index contributed by atoms with van der Waals surface area (Å²) in [6, 6.07) is 5.58. The molecule has 2 aliphatic heterocycles. The normalized spacial score (nSPS) is 18.2. The van der Waals surface area contributed by atoms with Gasteiger partial charge >= 0.3 is 6.09 Å². The second-order valence-electron chi connectivity index (χ2n) is 6.48. The zero-order chi connectivity index (χ0) is 18.5. The highest BCUT2D eigenvalue weighted by Crippen LogP contribution is 2.30. The Labute approximate surface area is 158 Å². The standard InChI is InChI=1S/C18H25ClN4O3/c1-2-21-7-9-22(10-8-21)16-4-3-14(19)13-15(16)20-17(24)5-6-23-11-12-26-18(23)25/h3-4,13H,2,5-12H2,1H3,(H,20,24). The third-order valence-corrected chi connectivity index (χ3v) is 5.08. The summed E-state index contributed by atoms with van der Waals surface area (Å²) < 4.78 is 4.88. The van der Waals surface area contributed by atoms with E-state index in [1.807, 2.05) is 12.1 Å². The first-order chi connectivity index (χ1) is 12.6. The molecule has 1 N–H and O–H groups in total. The Bertz CT molecular complexity index is 662. The first-order valence-corrected chi connectivity index (χ1v) is 9.43. The molecule has 0 radical (unpaired) electrons. The summed E-state index contributed by atoms with van der Waals surface area (Å²) in [6.07, 6.45) is -0.125. The Morgan fingerprint density at radius 2 is 2.00 bits per heavy atom. The van der Waals surface area contributed by atoms with Crippen molar-refractivity contribution in [2.24, 2.45) is 0 Å². The van der Waals surface area contributed by atoms with Crippen molar-refractivity contribution in [3.63, 3.8) is 0 Å². The molecular weight excluding hydrogens is 356 g/mol. The molecule has 2 fully saturated rings. The molecule has 0 aliphatic carbocycles. The molecule has 8 heteroatoms. The Morgan fingerprint density at radius 1 is 1.23 bits per heavy atom. The Morgan fingerprint density at radius 3 is 2.65 bits per heavy atom. The number of hydrogen-bond donors (Lipinski definition) is 1. The third kappa shape index (κ3) is 4.59. The smallest absolute Gasteiger partial charge is 0.409 e. The van der Waals surface area contributed by atoms with Crippen molar-refractivity contribution < 1.29 is 14.3 Å². The maximum atomic E-state index is 12.4. The van der Waals surface area contributed by atoms with Gasteiger partial charge in [-0.05, 0) is 24.7 Å². The Kier molecular flexibility index (Phi) is 6.21. The number of amides is 2. The molecule has 2 aliphatic rings. The number of hydrogen-bond acceptors (Lipinski definition) is 5. The van der Waals surface area contributed by atoms with Gasteiger partial charge in [0, 0.05) is 44.2 Å². The van der Waals surface area contributed by atoms with Gasteiger partial charge in [0.25, 0.3) is 0 Å². The Balaban J connectivity index is 1.62. The molecular formula is C18H25ClN4O3. The van der Waals surface area contributed by atoms with Crippen LogP contribution in [0.2, 0.25) is 5.02 Å². The molecule has 0 bridgehead atoms. The van der Waals surface area contributed by atoms with E-state index < -0.39 is 0 Å². The Hall–Kier alpha value is -1.99. The van der Waals surface area contributed by atoms with Crippen molar-refractivity contribution >= 4 is 35.0 Å². The number of rotatable bonds is 6. The first kappa shape index (κ1) is 18.8. The topological polar surface area (TPSA) is 65.1 Å². The summed E-state index contributed by atoms with van der Waals surface area (Å²) in [5, 5.41) is 3.54. The highest BCUT2D eigenvalue weighted by Gasteiger charge is 2.23. The van der Waals surface area contributed by atoms with E-state index >= 15 is 0 Å². The zero-order valence-electron chi connectivity index (χ0n) is 15.0. The number of nitrogens with zero attached hydrogens (tertiary/aromatic N) is 3. The number of carbonyl (C=O) groups excluding carboxylic acids is 2. The summed E-state index contributed by atoms with van der Waals surface area (Å²) in [5.74, 6) is -0.139. The molecule has 26 heavy (non-hydrogen) atoms. The fourth-order valence-corrected chi connectivity index (χ4v) is 3.44. The SMILES string of the molecule is CCN1CCN(c2ccc(Cl)cc2NC(=O)CCN2CCOC2=O)CC1. The quantitative estimate of drug-likeness (QED) is 0.820. The van der Waals surface area contributed by atoms with Crippen LogP contribution in [0.25, 0.3) is 0 Å². The van der Waals surface area contributed by atoms with Gasteiger partial charge in [0.05, 0.1) is 17.9 Å². The van der Waals surface area contributed by atoms with E-state index in [2.05, 4.69) is 22.0 Å². The van der Waals surface area contributed by atoms with Gasteiger partial charge in [-0.3, -0.25) is 4.79 Å². The maximum absolute atomic E-state index is 12.4. The third-order valence-electron chi connectivity index (χ3n) is 4.85. The van der Waals surface area contributed by atoms with Gasteiger partial charge in [-0.25, -0.2) is 4.79 Å². The number of ether oxygens (including phenoxy) is 1. The van der Waals surface area contributed by atoms with Crippen molar-refractivity contribution in [3.05, 3.63) is 23.2 Å². The van der Waals surface area contributed by atoms with E-state index in [1.165, 1.54) is 0 Å². The van der Waals surface area contributed by atoms with Crippen LogP contribution in [0, 0.1) is 0 Å². The first-order valence-electron chi connectivity index (χ1n) is 9.05. The van der Waals surface area contributed by atoms with Crippen LogP contribution in [0.3, 0.4) is 0 Å². The average molecular weight is 381 g/mol. The van der Waals surface area contributed by atoms with Crippen molar-refractivity contribution in [1.82, 2.24) is 9.80 Å². The summed E-state index contributed by atoms with van der Waals surface area (Å²) >= 11 is 6.14.